The maximum Gasteiger partial charge on any atom is 0.390 e. The average molecular weight is 293 g/mol. The number of hydrogen-bond acceptors (Lipinski definition) is 2. The van der Waals surface area contributed by atoms with Crippen molar-refractivity contribution in [3.63, 3.8) is 0 Å². The lowest BCUT2D eigenvalue weighted by Gasteiger charge is -2.23. The fourth-order valence-corrected chi connectivity index (χ4v) is 2.12. The number of benzene rings is 1. The molecular weight excluding hydrogens is 274 g/mol. The first-order valence-electron chi connectivity index (χ1n) is 6.43. The van der Waals surface area contributed by atoms with Gasteiger partial charge in [-0.15, -0.1) is 0 Å². The Morgan fingerprint density at radius 1 is 1.10 bits per heavy atom. The van der Waals surface area contributed by atoms with Gasteiger partial charge in [-0.1, -0.05) is 12.1 Å². The van der Waals surface area contributed by atoms with Crippen molar-refractivity contribution in [2.75, 3.05) is 0 Å². The van der Waals surface area contributed by atoms with Crippen molar-refractivity contribution >= 4 is 0 Å². The van der Waals surface area contributed by atoms with Crippen LogP contribution < -0.4 is 5.32 Å². The molecule has 114 valence electrons. The van der Waals surface area contributed by atoms with E-state index in [1.165, 1.54) is 31.2 Å². The zero-order chi connectivity index (χ0) is 15.3. The lowest BCUT2D eigenvalue weighted by molar-refractivity contribution is -0.139. The van der Waals surface area contributed by atoms with Crippen LogP contribution in [0.5, 0.6) is 0 Å². The summed E-state index contributed by atoms with van der Waals surface area (Å²) in [5, 5.41) is 12.7. The maximum absolute atomic E-state index is 12.7. The summed E-state index contributed by atoms with van der Waals surface area (Å²) < 4.78 is 49.3. The Balaban J connectivity index is 2.45. The van der Waals surface area contributed by atoms with E-state index in [4.69, 9.17) is 0 Å². The highest BCUT2D eigenvalue weighted by Crippen LogP contribution is 2.23. The molecule has 0 saturated heterocycles. The van der Waals surface area contributed by atoms with E-state index in [9.17, 15) is 22.7 Å². The molecule has 0 saturated carbocycles. The van der Waals surface area contributed by atoms with E-state index in [1.54, 1.807) is 6.92 Å². The summed E-state index contributed by atoms with van der Waals surface area (Å²) in [6.45, 7) is 3.16. The van der Waals surface area contributed by atoms with Gasteiger partial charge >= 0.3 is 6.18 Å². The Hall–Kier alpha value is -1.14. The fourth-order valence-electron chi connectivity index (χ4n) is 2.12. The molecule has 0 aliphatic rings. The van der Waals surface area contributed by atoms with Crippen LogP contribution in [0.15, 0.2) is 24.3 Å². The first-order chi connectivity index (χ1) is 9.17. The fraction of sp³-hybridized carbons (Fsp3) is 0.571. The number of alkyl halides is 3. The molecule has 0 heterocycles. The molecule has 20 heavy (non-hydrogen) atoms. The quantitative estimate of drug-likeness (QED) is 0.786. The molecule has 1 aromatic carbocycles. The van der Waals surface area contributed by atoms with E-state index < -0.39 is 30.6 Å². The summed E-state index contributed by atoms with van der Waals surface area (Å²) in [6.07, 6.45) is -5.70. The second kappa shape index (κ2) is 7.04. The minimum absolute atomic E-state index is 0.258. The molecule has 0 aliphatic carbocycles. The van der Waals surface area contributed by atoms with E-state index in [1.807, 2.05) is 0 Å². The first-order valence-corrected chi connectivity index (χ1v) is 6.43. The number of rotatable bonds is 6. The molecule has 3 unspecified atom stereocenters. The predicted octanol–water partition coefficient (Wildman–Crippen LogP) is 3.57. The zero-order valence-electron chi connectivity index (χ0n) is 11.4. The van der Waals surface area contributed by atoms with Gasteiger partial charge in [0.25, 0.3) is 0 Å². The summed E-state index contributed by atoms with van der Waals surface area (Å²) in [5.41, 5.74) is 0.545. The van der Waals surface area contributed by atoms with Crippen LogP contribution in [-0.2, 0) is 0 Å². The van der Waals surface area contributed by atoms with Crippen molar-refractivity contribution in [1.29, 1.82) is 0 Å². The van der Waals surface area contributed by atoms with E-state index >= 15 is 0 Å². The van der Waals surface area contributed by atoms with E-state index in [-0.39, 0.29) is 12.5 Å². The lowest BCUT2D eigenvalue weighted by atomic mass is 10.0. The van der Waals surface area contributed by atoms with Gasteiger partial charge in [0.05, 0.1) is 12.5 Å². The largest absolute Gasteiger partial charge is 0.390 e. The highest BCUT2D eigenvalue weighted by atomic mass is 19.4. The van der Waals surface area contributed by atoms with Gasteiger partial charge in [0.15, 0.2) is 0 Å². The summed E-state index contributed by atoms with van der Waals surface area (Å²) in [7, 11) is 0. The standard InChI is InChI=1S/C14H19F4NO/c1-9(19-10(2)8-14(16,17)18)7-13(20)11-3-5-12(15)6-4-11/h3-6,9-10,13,19-20H,7-8H2,1-2H3. The van der Waals surface area contributed by atoms with Gasteiger partial charge in [-0.2, -0.15) is 13.2 Å². The lowest BCUT2D eigenvalue weighted by Crippen LogP contribution is -2.38. The predicted molar refractivity (Wildman–Crippen MR) is 68.7 cm³/mol. The van der Waals surface area contributed by atoms with Crippen LogP contribution in [0, 0.1) is 5.82 Å². The Morgan fingerprint density at radius 3 is 2.15 bits per heavy atom. The number of aliphatic hydroxyl groups is 1. The molecule has 0 aromatic heterocycles. The molecule has 0 amide bonds. The minimum atomic E-state index is -4.21. The molecule has 0 bridgehead atoms. The molecule has 0 aliphatic heterocycles. The van der Waals surface area contributed by atoms with E-state index in [2.05, 4.69) is 5.32 Å². The SMILES string of the molecule is CC(CC(O)c1ccc(F)cc1)NC(C)CC(F)(F)F. The van der Waals surface area contributed by atoms with Gasteiger partial charge in [0.1, 0.15) is 5.82 Å². The third kappa shape index (κ3) is 6.34. The van der Waals surface area contributed by atoms with Crippen LogP contribution in [0.25, 0.3) is 0 Å². The number of nitrogens with one attached hydrogen (secondary N) is 1. The second-order valence-corrected chi connectivity index (χ2v) is 5.09. The maximum atomic E-state index is 12.7. The van der Waals surface area contributed by atoms with Crippen LogP contribution >= 0.6 is 0 Å². The van der Waals surface area contributed by atoms with Crippen LogP contribution in [0.4, 0.5) is 17.6 Å². The van der Waals surface area contributed by atoms with Crippen molar-refractivity contribution in [3.05, 3.63) is 35.6 Å². The highest BCUT2D eigenvalue weighted by molar-refractivity contribution is 5.18. The van der Waals surface area contributed by atoms with Gasteiger partial charge in [0.2, 0.25) is 0 Å². The number of aliphatic hydroxyl groups excluding tert-OH is 1. The topological polar surface area (TPSA) is 32.3 Å². The van der Waals surface area contributed by atoms with Crippen molar-refractivity contribution in [3.8, 4) is 0 Å². The van der Waals surface area contributed by atoms with Crippen molar-refractivity contribution < 1.29 is 22.7 Å². The van der Waals surface area contributed by atoms with Crippen LogP contribution in [0.2, 0.25) is 0 Å². The molecule has 6 heteroatoms. The van der Waals surface area contributed by atoms with E-state index in [0.717, 1.165) is 0 Å². The Morgan fingerprint density at radius 2 is 1.65 bits per heavy atom. The zero-order valence-corrected chi connectivity index (χ0v) is 11.4. The van der Waals surface area contributed by atoms with Gasteiger partial charge in [-0.25, -0.2) is 4.39 Å². The van der Waals surface area contributed by atoms with Crippen molar-refractivity contribution in [1.82, 2.24) is 5.32 Å². The van der Waals surface area contributed by atoms with Crippen LogP contribution in [0.3, 0.4) is 0 Å². The molecule has 0 fully saturated rings. The molecule has 0 radical (unpaired) electrons. The first kappa shape index (κ1) is 16.9. The Labute approximate surface area is 115 Å². The number of hydrogen-bond donors (Lipinski definition) is 2. The van der Waals surface area contributed by atoms with Gasteiger partial charge in [-0.05, 0) is 38.0 Å². The molecule has 3 atom stereocenters. The smallest absolute Gasteiger partial charge is 0.388 e. The molecule has 0 spiro atoms. The Bertz CT molecular complexity index is 405. The van der Waals surface area contributed by atoms with Crippen molar-refractivity contribution in [2.45, 2.75) is 51.1 Å². The monoisotopic (exact) mass is 293 g/mol. The third-order valence-electron chi connectivity index (χ3n) is 2.94. The summed E-state index contributed by atoms with van der Waals surface area (Å²) in [4.78, 5) is 0. The third-order valence-corrected chi connectivity index (χ3v) is 2.94. The Kier molecular flexibility index (Phi) is 5.95. The molecule has 1 aromatic rings. The van der Waals surface area contributed by atoms with E-state index in [0.29, 0.717) is 5.56 Å². The van der Waals surface area contributed by atoms with Crippen LogP contribution in [0.1, 0.15) is 38.4 Å². The summed E-state index contributed by atoms with van der Waals surface area (Å²) >= 11 is 0. The summed E-state index contributed by atoms with van der Waals surface area (Å²) in [6, 6.07) is 4.40. The minimum Gasteiger partial charge on any atom is -0.388 e. The molecule has 1 rings (SSSR count). The molecular formula is C14H19F4NO. The van der Waals surface area contributed by atoms with Crippen LogP contribution in [-0.4, -0.2) is 23.4 Å². The number of halogens is 4. The molecule has 2 nitrogen and oxygen atoms in total. The van der Waals surface area contributed by atoms with Gasteiger partial charge in [-0.3, -0.25) is 0 Å². The normalized spacial score (nSPS) is 16.8. The summed E-state index contributed by atoms with van der Waals surface area (Å²) in [5.74, 6) is -0.397. The van der Waals surface area contributed by atoms with Gasteiger partial charge < -0.3 is 10.4 Å². The van der Waals surface area contributed by atoms with Gasteiger partial charge in [0, 0.05) is 12.1 Å². The van der Waals surface area contributed by atoms with Crippen molar-refractivity contribution in [2.24, 2.45) is 0 Å². The molecule has 2 N–H and O–H groups in total. The highest BCUT2D eigenvalue weighted by Gasteiger charge is 2.30. The second-order valence-electron chi connectivity index (χ2n) is 5.09. The average Bonchev–Trinajstić information content (AvgIpc) is 2.26.